The molecule has 1 aromatic carbocycles. The molecule has 1 aliphatic rings. The zero-order chi connectivity index (χ0) is 11.0. The van der Waals surface area contributed by atoms with Crippen molar-refractivity contribution in [2.45, 2.75) is 0 Å². The summed E-state index contributed by atoms with van der Waals surface area (Å²) in [4.78, 5) is 14.8. The van der Waals surface area contributed by atoms with E-state index in [9.17, 15) is 9.90 Å². The first-order valence-electron chi connectivity index (χ1n) is 4.26. The van der Waals surface area contributed by atoms with Gasteiger partial charge in [-0.2, -0.15) is 0 Å². The number of rotatable bonds is 2. The standard InChI is InChI=1S/C10H9NO4/c1-14-6-4-3-5-7(9(6)15-2)11-10(13)8(5)12/h3-4H,1-2H3,(H,11,12,13). The zero-order valence-electron chi connectivity index (χ0n) is 8.27. The van der Waals surface area contributed by atoms with Crippen LogP contribution in [0.3, 0.4) is 0 Å². The summed E-state index contributed by atoms with van der Waals surface area (Å²) in [5, 5.41) is 10.1. The first kappa shape index (κ1) is 9.51. The van der Waals surface area contributed by atoms with Gasteiger partial charge in [-0.05, 0) is 12.1 Å². The van der Waals surface area contributed by atoms with E-state index in [4.69, 9.17) is 9.47 Å². The average molecular weight is 207 g/mol. The number of ether oxygens (including phenoxy) is 2. The number of carbonyl (C=O) groups is 1. The second-order valence-electron chi connectivity index (χ2n) is 2.96. The molecule has 5 heteroatoms. The van der Waals surface area contributed by atoms with Crippen LogP contribution >= 0.6 is 0 Å². The normalized spacial score (nSPS) is 13.5. The van der Waals surface area contributed by atoms with Gasteiger partial charge < -0.3 is 14.6 Å². The summed E-state index contributed by atoms with van der Waals surface area (Å²) in [7, 11) is 2.94. The van der Waals surface area contributed by atoms with Gasteiger partial charge in [-0.25, -0.2) is 4.99 Å². The number of methoxy groups -OCH3 is 2. The summed E-state index contributed by atoms with van der Waals surface area (Å²) in [6.07, 6.45) is 0. The molecule has 1 heterocycles. The highest BCUT2D eigenvalue weighted by Crippen LogP contribution is 2.20. The number of aliphatic hydroxyl groups excluding tert-OH is 1. The highest BCUT2D eigenvalue weighted by Gasteiger charge is 2.19. The molecule has 0 spiro atoms. The number of benzene rings is 1. The van der Waals surface area contributed by atoms with Gasteiger partial charge in [0.2, 0.25) is 0 Å². The molecular formula is C10H9NO4. The third kappa shape index (κ3) is 1.24. The van der Waals surface area contributed by atoms with E-state index in [0.29, 0.717) is 22.1 Å². The first-order valence-corrected chi connectivity index (χ1v) is 4.26. The predicted octanol–water partition coefficient (Wildman–Crippen LogP) is -0.470. The van der Waals surface area contributed by atoms with Crippen LogP contribution in [-0.2, 0) is 4.79 Å². The van der Waals surface area contributed by atoms with Crippen molar-refractivity contribution in [2.75, 3.05) is 14.2 Å². The minimum atomic E-state index is -0.656. The number of hydrogen-bond acceptors (Lipinski definition) is 4. The molecule has 1 aromatic rings. The Morgan fingerprint density at radius 3 is 2.60 bits per heavy atom. The summed E-state index contributed by atoms with van der Waals surface area (Å²) in [6.45, 7) is 0. The molecule has 0 saturated heterocycles. The van der Waals surface area contributed by atoms with Gasteiger partial charge in [-0.1, -0.05) is 0 Å². The van der Waals surface area contributed by atoms with Crippen LogP contribution in [0.15, 0.2) is 17.1 Å². The lowest BCUT2D eigenvalue weighted by Crippen LogP contribution is -2.25. The fourth-order valence-electron chi connectivity index (χ4n) is 1.48. The van der Waals surface area contributed by atoms with Crippen molar-refractivity contribution >= 4 is 11.7 Å². The molecule has 0 saturated carbocycles. The van der Waals surface area contributed by atoms with Crippen molar-refractivity contribution in [1.82, 2.24) is 0 Å². The van der Waals surface area contributed by atoms with E-state index in [0.717, 1.165) is 0 Å². The van der Waals surface area contributed by atoms with Crippen LogP contribution in [0.2, 0.25) is 0 Å². The number of carbonyl (C=O) groups excluding carboxylic acids is 1. The van der Waals surface area contributed by atoms with Crippen LogP contribution in [0.4, 0.5) is 0 Å². The van der Waals surface area contributed by atoms with E-state index in [1.165, 1.54) is 14.2 Å². The Morgan fingerprint density at radius 2 is 2.00 bits per heavy atom. The molecule has 1 N–H and O–H groups in total. The van der Waals surface area contributed by atoms with Crippen molar-refractivity contribution in [3.05, 3.63) is 22.7 Å². The van der Waals surface area contributed by atoms with Gasteiger partial charge in [-0.15, -0.1) is 0 Å². The molecule has 0 aromatic heterocycles. The Labute approximate surface area is 85.3 Å². The van der Waals surface area contributed by atoms with Gasteiger partial charge in [0.1, 0.15) is 5.36 Å². The monoisotopic (exact) mass is 207 g/mol. The largest absolute Gasteiger partial charge is 0.503 e. The van der Waals surface area contributed by atoms with Crippen LogP contribution in [0, 0.1) is 0 Å². The van der Waals surface area contributed by atoms with Crippen molar-refractivity contribution in [1.29, 1.82) is 0 Å². The fraction of sp³-hybridized carbons (Fsp3) is 0.200. The third-order valence-electron chi connectivity index (χ3n) is 2.19. The van der Waals surface area contributed by atoms with Crippen LogP contribution in [0.25, 0.3) is 5.76 Å². The predicted molar refractivity (Wildman–Crippen MR) is 51.4 cm³/mol. The summed E-state index contributed by atoms with van der Waals surface area (Å²) >= 11 is 0. The molecule has 0 aliphatic carbocycles. The van der Waals surface area contributed by atoms with Crippen LogP contribution in [0.1, 0.15) is 0 Å². The molecule has 0 fully saturated rings. The Morgan fingerprint density at radius 1 is 1.27 bits per heavy atom. The third-order valence-corrected chi connectivity index (χ3v) is 2.19. The average Bonchev–Trinajstić information content (AvgIpc) is 2.54. The van der Waals surface area contributed by atoms with Gasteiger partial charge in [0, 0.05) is 0 Å². The van der Waals surface area contributed by atoms with E-state index < -0.39 is 5.91 Å². The molecule has 2 rings (SSSR count). The molecule has 15 heavy (non-hydrogen) atoms. The number of nitrogens with zero attached hydrogens (tertiary/aromatic N) is 1. The van der Waals surface area contributed by atoms with Crippen LogP contribution in [-0.4, -0.2) is 25.2 Å². The highest BCUT2D eigenvalue weighted by atomic mass is 16.5. The summed E-state index contributed by atoms with van der Waals surface area (Å²) in [5.41, 5.74) is 0. The summed E-state index contributed by atoms with van der Waals surface area (Å²) in [6, 6.07) is 3.18. The van der Waals surface area contributed by atoms with Gasteiger partial charge in [0.05, 0.1) is 19.4 Å². The maximum atomic E-state index is 11.1. The maximum absolute atomic E-state index is 11.1. The lowest BCUT2D eigenvalue weighted by Gasteiger charge is -2.05. The van der Waals surface area contributed by atoms with E-state index in [2.05, 4.69) is 4.99 Å². The van der Waals surface area contributed by atoms with Gasteiger partial charge in [0.15, 0.2) is 17.3 Å². The minimum absolute atomic E-state index is 0.319. The van der Waals surface area contributed by atoms with Gasteiger partial charge >= 0.3 is 5.91 Å². The Kier molecular flexibility index (Phi) is 2.07. The highest BCUT2D eigenvalue weighted by molar-refractivity contribution is 6.11. The van der Waals surface area contributed by atoms with E-state index >= 15 is 0 Å². The SMILES string of the molecule is COc1ccc2c(c1OC)=NC(=O)C=2O. The zero-order valence-corrected chi connectivity index (χ0v) is 8.27. The lowest BCUT2D eigenvalue weighted by molar-refractivity contribution is -0.114. The number of aliphatic hydroxyl groups is 1. The molecule has 1 aliphatic heterocycles. The van der Waals surface area contributed by atoms with Crippen LogP contribution < -0.4 is 20.0 Å². The van der Waals surface area contributed by atoms with E-state index in [1.807, 2.05) is 0 Å². The quantitative estimate of drug-likeness (QED) is 0.711. The Hall–Kier alpha value is -2.04. The van der Waals surface area contributed by atoms with Crippen molar-refractivity contribution in [2.24, 2.45) is 4.99 Å². The maximum Gasteiger partial charge on any atom is 0.313 e. The fourth-order valence-corrected chi connectivity index (χ4v) is 1.48. The van der Waals surface area contributed by atoms with Crippen LogP contribution in [0.5, 0.6) is 11.5 Å². The lowest BCUT2D eigenvalue weighted by atomic mass is 10.2. The van der Waals surface area contributed by atoms with Gasteiger partial charge in [-0.3, -0.25) is 4.79 Å². The first-order chi connectivity index (χ1) is 7.19. The van der Waals surface area contributed by atoms with E-state index in [-0.39, 0.29) is 5.76 Å². The topological polar surface area (TPSA) is 68.1 Å². The molecule has 1 amide bonds. The van der Waals surface area contributed by atoms with Gasteiger partial charge in [0.25, 0.3) is 0 Å². The molecule has 0 unspecified atom stereocenters. The van der Waals surface area contributed by atoms with Crippen molar-refractivity contribution in [3.8, 4) is 11.5 Å². The Balaban J connectivity index is 2.87. The summed E-state index contributed by atoms with van der Waals surface area (Å²) in [5.74, 6) is -0.183. The minimum Gasteiger partial charge on any atom is -0.503 e. The van der Waals surface area contributed by atoms with Crippen molar-refractivity contribution < 1.29 is 19.4 Å². The molecule has 78 valence electrons. The number of amides is 1. The Bertz CT molecular complexity index is 547. The molecule has 0 atom stereocenters. The summed E-state index contributed by atoms with van der Waals surface area (Å²) < 4.78 is 10.1. The molecule has 0 bridgehead atoms. The molecule has 5 nitrogen and oxygen atoms in total. The second-order valence-corrected chi connectivity index (χ2v) is 2.96. The second kappa shape index (κ2) is 3.27. The van der Waals surface area contributed by atoms with Crippen molar-refractivity contribution in [3.63, 3.8) is 0 Å². The van der Waals surface area contributed by atoms with E-state index in [1.54, 1.807) is 12.1 Å². The molecule has 0 radical (unpaired) electrons. The number of hydrogen-bond donors (Lipinski definition) is 1. The smallest absolute Gasteiger partial charge is 0.313 e. The molecular weight excluding hydrogens is 198 g/mol. The number of fused-ring (bicyclic) bond motifs is 1.